The van der Waals surface area contributed by atoms with Gasteiger partial charge >= 0.3 is 5.97 Å². The smallest absolute Gasteiger partial charge is 0.330 e. The summed E-state index contributed by atoms with van der Waals surface area (Å²) in [7, 11) is 0. The van der Waals surface area contributed by atoms with Gasteiger partial charge in [-0.25, -0.2) is 4.79 Å². The number of hydrogen-bond acceptors (Lipinski definition) is 3. The van der Waals surface area contributed by atoms with E-state index < -0.39 is 5.97 Å². The molecule has 3 nitrogen and oxygen atoms in total. The molecule has 0 bridgehead atoms. The van der Waals surface area contributed by atoms with Crippen LogP contribution in [0.15, 0.2) is 12.7 Å². The van der Waals surface area contributed by atoms with Crippen LogP contribution >= 0.6 is 0 Å². The molecule has 0 rings (SSSR count). The molecule has 0 radical (unpaired) electrons. The number of rotatable bonds is 6. The molecule has 0 aliphatic heterocycles. The van der Waals surface area contributed by atoms with Crippen LogP contribution in [-0.4, -0.2) is 18.4 Å². The van der Waals surface area contributed by atoms with E-state index in [-0.39, 0.29) is 16.6 Å². The minimum Gasteiger partial charge on any atom is -0.462 e. The summed E-state index contributed by atoms with van der Waals surface area (Å²) in [6.45, 7) is 13.4. The van der Waals surface area contributed by atoms with Gasteiger partial charge in [-0.2, -0.15) is 0 Å². The van der Waals surface area contributed by atoms with Crippen molar-refractivity contribution in [3.8, 4) is 0 Å². The summed E-state index contributed by atoms with van der Waals surface area (Å²) in [5.41, 5.74) is -0.479. The van der Waals surface area contributed by atoms with Gasteiger partial charge in [0.05, 0.1) is 6.61 Å². The summed E-state index contributed by atoms with van der Waals surface area (Å²) in [5, 5.41) is 0. The van der Waals surface area contributed by atoms with Crippen molar-refractivity contribution >= 4 is 11.8 Å². The highest BCUT2D eigenvalue weighted by atomic mass is 16.5. The first-order valence-electron chi connectivity index (χ1n) is 5.91. The third-order valence-corrected chi connectivity index (χ3v) is 2.64. The number of ketones is 1. The van der Waals surface area contributed by atoms with Gasteiger partial charge in [0, 0.05) is 17.9 Å². The summed E-state index contributed by atoms with van der Waals surface area (Å²) >= 11 is 0. The van der Waals surface area contributed by atoms with E-state index in [0.717, 1.165) is 6.08 Å². The number of carbonyl (C=O) groups excluding carboxylic acids is 2. The molecule has 0 aromatic heterocycles. The molecule has 0 spiro atoms. The van der Waals surface area contributed by atoms with E-state index in [9.17, 15) is 9.59 Å². The van der Waals surface area contributed by atoms with Crippen LogP contribution in [0.1, 0.15) is 47.5 Å². The van der Waals surface area contributed by atoms with Crippen molar-refractivity contribution < 1.29 is 14.3 Å². The second kappa shape index (κ2) is 5.99. The van der Waals surface area contributed by atoms with Crippen LogP contribution in [0.25, 0.3) is 0 Å². The van der Waals surface area contributed by atoms with E-state index in [1.165, 1.54) is 0 Å². The Hall–Kier alpha value is -1.12. The highest BCUT2D eigenvalue weighted by Gasteiger charge is 2.26. The Morgan fingerprint density at radius 1 is 1.18 bits per heavy atom. The van der Waals surface area contributed by atoms with Crippen molar-refractivity contribution in [3.63, 3.8) is 0 Å². The van der Waals surface area contributed by atoms with E-state index in [1.54, 1.807) is 0 Å². The van der Waals surface area contributed by atoms with Crippen molar-refractivity contribution in [2.45, 2.75) is 47.5 Å². The molecule has 0 aliphatic carbocycles. The first-order valence-corrected chi connectivity index (χ1v) is 5.91. The minimum atomic E-state index is -0.416. The van der Waals surface area contributed by atoms with Crippen LogP contribution in [0.3, 0.4) is 0 Å². The van der Waals surface area contributed by atoms with Gasteiger partial charge in [-0.3, -0.25) is 4.79 Å². The van der Waals surface area contributed by atoms with Gasteiger partial charge in [0.15, 0.2) is 0 Å². The SMILES string of the molecule is C=CC(=O)OCC(C)(C)CCC(=O)C(C)(C)C. The van der Waals surface area contributed by atoms with E-state index in [1.807, 2.05) is 34.6 Å². The van der Waals surface area contributed by atoms with Crippen LogP contribution in [-0.2, 0) is 14.3 Å². The summed E-state index contributed by atoms with van der Waals surface area (Å²) < 4.78 is 5.01. The molecule has 17 heavy (non-hydrogen) atoms. The lowest BCUT2D eigenvalue weighted by Crippen LogP contribution is -2.26. The Kier molecular flexibility index (Phi) is 5.59. The zero-order chi connectivity index (χ0) is 13.7. The molecule has 0 saturated heterocycles. The fourth-order valence-corrected chi connectivity index (χ4v) is 1.22. The van der Waals surface area contributed by atoms with Crippen molar-refractivity contribution in [2.24, 2.45) is 10.8 Å². The average Bonchev–Trinajstić information content (AvgIpc) is 2.21. The Bertz CT molecular complexity index is 295. The first-order chi connectivity index (χ1) is 7.58. The predicted molar refractivity (Wildman–Crippen MR) is 68.6 cm³/mol. The van der Waals surface area contributed by atoms with Crippen LogP contribution in [0.4, 0.5) is 0 Å². The molecular formula is C14H24O3. The van der Waals surface area contributed by atoms with Gasteiger partial charge < -0.3 is 4.74 Å². The summed E-state index contributed by atoms with van der Waals surface area (Å²) in [4.78, 5) is 22.7. The second-order valence-corrected chi connectivity index (χ2v) is 6.15. The van der Waals surface area contributed by atoms with Gasteiger partial charge in [0.25, 0.3) is 0 Å². The maximum absolute atomic E-state index is 11.8. The fourth-order valence-electron chi connectivity index (χ4n) is 1.22. The second-order valence-electron chi connectivity index (χ2n) is 6.15. The average molecular weight is 240 g/mol. The molecule has 0 atom stereocenters. The van der Waals surface area contributed by atoms with E-state index in [4.69, 9.17) is 4.74 Å². The Morgan fingerprint density at radius 2 is 1.71 bits per heavy atom. The maximum Gasteiger partial charge on any atom is 0.330 e. The van der Waals surface area contributed by atoms with Crippen LogP contribution < -0.4 is 0 Å². The standard InChI is InChI=1S/C14H24O3/c1-7-12(16)17-10-14(5,6)9-8-11(15)13(2,3)4/h7H,1,8-10H2,2-6H3. The minimum absolute atomic E-state index is 0.181. The van der Waals surface area contributed by atoms with Crippen molar-refractivity contribution in [1.29, 1.82) is 0 Å². The fraction of sp³-hybridized carbons (Fsp3) is 0.714. The normalized spacial score (nSPS) is 12.1. The van der Waals surface area contributed by atoms with Crippen molar-refractivity contribution in [1.82, 2.24) is 0 Å². The topological polar surface area (TPSA) is 43.4 Å². The first kappa shape index (κ1) is 15.9. The largest absolute Gasteiger partial charge is 0.462 e. The summed E-state index contributed by atoms with van der Waals surface area (Å²) in [5.74, 6) is -0.180. The van der Waals surface area contributed by atoms with Crippen LogP contribution in [0.2, 0.25) is 0 Å². The molecule has 0 aromatic rings. The number of hydrogen-bond donors (Lipinski definition) is 0. The summed E-state index contributed by atoms with van der Waals surface area (Å²) in [6.07, 6.45) is 2.38. The molecule has 0 heterocycles. The van der Waals surface area contributed by atoms with E-state index in [0.29, 0.717) is 19.4 Å². The van der Waals surface area contributed by atoms with Gasteiger partial charge in [0.2, 0.25) is 0 Å². The lowest BCUT2D eigenvalue weighted by Gasteiger charge is -2.25. The highest BCUT2D eigenvalue weighted by Crippen LogP contribution is 2.26. The maximum atomic E-state index is 11.8. The third kappa shape index (κ3) is 6.93. The molecule has 98 valence electrons. The molecule has 0 aliphatic rings. The molecule has 3 heteroatoms. The molecule has 0 fully saturated rings. The molecule has 0 amide bonds. The van der Waals surface area contributed by atoms with E-state index in [2.05, 4.69) is 6.58 Å². The molecular weight excluding hydrogens is 216 g/mol. The van der Waals surface area contributed by atoms with E-state index >= 15 is 0 Å². The molecule has 0 unspecified atom stereocenters. The molecule has 0 saturated carbocycles. The molecule has 0 N–H and O–H groups in total. The number of Topliss-reactive ketones (excluding diaryl/α,β-unsaturated/α-hetero) is 1. The number of esters is 1. The third-order valence-electron chi connectivity index (χ3n) is 2.64. The zero-order valence-electron chi connectivity index (χ0n) is 11.6. The Morgan fingerprint density at radius 3 is 2.12 bits per heavy atom. The van der Waals surface area contributed by atoms with Crippen molar-refractivity contribution in [2.75, 3.05) is 6.61 Å². The van der Waals surface area contributed by atoms with Gasteiger partial charge in [-0.1, -0.05) is 41.2 Å². The van der Waals surface area contributed by atoms with Crippen LogP contribution in [0, 0.1) is 10.8 Å². The number of carbonyl (C=O) groups is 2. The lowest BCUT2D eigenvalue weighted by molar-refractivity contribution is -0.140. The zero-order valence-corrected chi connectivity index (χ0v) is 11.6. The predicted octanol–water partition coefficient (Wildman–Crippen LogP) is 3.14. The van der Waals surface area contributed by atoms with Crippen molar-refractivity contribution in [3.05, 3.63) is 12.7 Å². The summed E-state index contributed by atoms with van der Waals surface area (Å²) in [6, 6.07) is 0. The highest BCUT2D eigenvalue weighted by molar-refractivity contribution is 5.83. The number of ether oxygens (including phenoxy) is 1. The monoisotopic (exact) mass is 240 g/mol. The van der Waals surface area contributed by atoms with Gasteiger partial charge in [-0.05, 0) is 11.8 Å². The lowest BCUT2D eigenvalue weighted by atomic mass is 9.82. The van der Waals surface area contributed by atoms with Crippen LogP contribution in [0.5, 0.6) is 0 Å². The van der Waals surface area contributed by atoms with Gasteiger partial charge in [0.1, 0.15) is 5.78 Å². The molecule has 0 aromatic carbocycles. The Balaban J connectivity index is 4.14. The van der Waals surface area contributed by atoms with Gasteiger partial charge in [-0.15, -0.1) is 0 Å². The Labute approximate surface area is 104 Å². The quantitative estimate of drug-likeness (QED) is 0.529.